The van der Waals surface area contributed by atoms with Gasteiger partial charge in [-0.3, -0.25) is 4.79 Å². The summed E-state index contributed by atoms with van der Waals surface area (Å²) < 4.78 is 16.2. The molecule has 2 aromatic heterocycles. The number of nitrogens with one attached hydrogen (secondary N) is 4. The largest absolute Gasteiger partial charge is 0.493 e. The van der Waals surface area contributed by atoms with E-state index in [4.69, 9.17) is 14.2 Å². The van der Waals surface area contributed by atoms with Crippen molar-refractivity contribution in [2.75, 3.05) is 37.3 Å². The van der Waals surface area contributed by atoms with Crippen molar-refractivity contribution in [3.8, 4) is 17.2 Å². The Morgan fingerprint density at radius 1 is 0.879 bits per heavy atom. The smallest absolute Gasteiger partial charge is 0.231 e. The minimum absolute atomic E-state index is 0.131. The summed E-state index contributed by atoms with van der Waals surface area (Å²) in [5.41, 5.74) is 3.25. The number of hydrogen-bond acceptors (Lipinski definition) is 9. The zero-order valence-corrected chi connectivity index (χ0v) is 18.5. The summed E-state index contributed by atoms with van der Waals surface area (Å²) in [6, 6.07) is 10.8. The van der Waals surface area contributed by atoms with E-state index in [2.05, 4.69) is 35.9 Å². The van der Waals surface area contributed by atoms with Crippen molar-refractivity contribution in [3.63, 3.8) is 0 Å². The summed E-state index contributed by atoms with van der Waals surface area (Å²) in [7, 11) is 4.64. The van der Waals surface area contributed by atoms with Gasteiger partial charge in [-0.15, -0.1) is 0 Å². The first-order valence-corrected chi connectivity index (χ1v) is 9.93. The van der Waals surface area contributed by atoms with Gasteiger partial charge in [-0.2, -0.15) is 9.97 Å². The number of nitrogens with zero attached hydrogens (tertiary/aromatic N) is 3. The van der Waals surface area contributed by atoms with Crippen LogP contribution in [0.15, 0.2) is 42.7 Å². The fourth-order valence-corrected chi connectivity index (χ4v) is 3.24. The Bertz CT molecular complexity index is 1260. The average molecular weight is 449 g/mol. The quantitative estimate of drug-likeness (QED) is 0.316. The Balaban J connectivity index is 1.65. The Kier molecular flexibility index (Phi) is 6.11. The highest BCUT2D eigenvalue weighted by molar-refractivity contribution is 5.89. The highest BCUT2D eigenvalue weighted by atomic mass is 16.5. The molecule has 0 spiro atoms. The maximum absolute atomic E-state index is 11.2. The van der Waals surface area contributed by atoms with Crippen molar-refractivity contribution in [1.29, 1.82) is 0 Å². The van der Waals surface area contributed by atoms with Crippen LogP contribution in [0.25, 0.3) is 11.2 Å². The topological polar surface area (TPSA) is 135 Å². The van der Waals surface area contributed by atoms with E-state index in [1.165, 1.54) is 6.92 Å². The first kappa shape index (κ1) is 21.7. The van der Waals surface area contributed by atoms with Gasteiger partial charge < -0.3 is 35.1 Å². The standard InChI is InChI=1S/C22H23N7O4/c1-12(30)25-13-5-7-14(8-6-13)26-21-18-20(24-11-23-18)28-22(29-21)27-15-9-16(31-2)19(33-4)17(10-15)32-3/h5-11H,1-4H3,(H,25,30)(H3,23,24,26,27,28,29). The van der Waals surface area contributed by atoms with Crippen LogP contribution in [-0.2, 0) is 4.79 Å². The van der Waals surface area contributed by atoms with Crippen LogP contribution in [0.4, 0.5) is 28.8 Å². The summed E-state index contributed by atoms with van der Waals surface area (Å²) in [4.78, 5) is 27.6. The third-order valence-electron chi connectivity index (χ3n) is 4.67. The van der Waals surface area contributed by atoms with Crippen LogP contribution in [0.1, 0.15) is 6.92 Å². The van der Waals surface area contributed by atoms with E-state index in [1.807, 2.05) is 12.1 Å². The second-order valence-corrected chi connectivity index (χ2v) is 6.92. The minimum atomic E-state index is -0.131. The first-order valence-electron chi connectivity index (χ1n) is 9.93. The SMILES string of the molecule is COc1cc(Nc2nc(Nc3ccc(NC(C)=O)cc3)c3[nH]cnc3n2)cc(OC)c1OC. The van der Waals surface area contributed by atoms with Crippen molar-refractivity contribution in [1.82, 2.24) is 19.9 Å². The molecule has 4 rings (SSSR count). The summed E-state index contributed by atoms with van der Waals surface area (Å²) in [5, 5.41) is 9.16. The predicted octanol–water partition coefficient (Wildman–Crippen LogP) is 3.82. The van der Waals surface area contributed by atoms with E-state index < -0.39 is 0 Å². The molecule has 0 fully saturated rings. The van der Waals surface area contributed by atoms with Gasteiger partial charge in [-0.25, -0.2) is 4.98 Å². The Hall–Kier alpha value is -4.54. The normalized spacial score (nSPS) is 10.5. The molecule has 0 aliphatic carbocycles. The molecule has 170 valence electrons. The number of aromatic amines is 1. The molecule has 2 heterocycles. The van der Waals surface area contributed by atoms with Gasteiger partial charge in [-0.1, -0.05) is 0 Å². The van der Waals surface area contributed by atoms with Crippen LogP contribution in [0.3, 0.4) is 0 Å². The zero-order valence-electron chi connectivity index (χ0n) is 18.5. The fourth-order valence-electron chi connectivity index (χ4n) is 3.24. The Morgan fingerprint density at radius 3 is 2.15 bits per heavy atom. The number of aromatic nitrogens is 4. The number of H-pyrrole nitrogens is 1. The number of anilines is 5. The van der Waals surface area contributed by atoms with Crippen LogP contribution in [0.5, 0.6) is 17.2 Å². The average Bonchev–Trinajstić information content (AvgIpc) is 3.28. The van der Waals surface area contributed by atoms with Gasteiger partial charge in [0.25, 0.3) is 0 Å². The number of fused-ring (bicyclic) bond motifs is 1. The van der Waals surface area contributed by atoms with Gasteiger partial charge in [0.2, 0.25) is 17.6 Å². The summed E-state index contributed by atoms with van der Waals surface area (Å²) in [5.74, 6) is 2.20. The molecule has 0 aliphatic heterocycles. The van der Waals surface area contributed by atoms with E-state index in [9.17, 15) is 4.79 Å². The third-order valence-corrected chi connectivity index (χ3v) is 4.67. The fraction of sp³-hybridized carbons (Fsp3) is 0.182. The second kappa shape index (κ2) is 9.30. The van der Waals surface area contributed by atoms with Gasteiger partial charge in [-0.05, 0) is 24.3 Å². The lowest BCUT2D eigenvalue weighted by molar-refractivity contribution is -0.114. The molecule has 0 unspecified atom stereocenters. The highest BCUT2D eigenvalue weighted by Crippen LogP contribution is 2.40. The van der Waals surface area contributed by atoms with Gasteiger partial charge in [0.15, 0.2) is 23.0 Å². The third kappa shape index (κ3) is 4.71. The molecule has 0 saturated heterocycles. The van der Waals surface area contributed by atoms with E-state index in [1.54, 1.807) is 51.9 Å². The van der Waals surface area contributed by atoms with Crippen LogP contribution >= 0.6 is 0 Å². The molecule has 4 aromatic rings. The van der Waals surface area contributed by atoms with Crippen molar-refractivity contribution < 1.29 is 19.0 Å². The van der Waals surface area contributed by atoms with Crippen LogP contribution in [0, 0.1) is 0 Å². The molecule has 2 aromatic carbocycles. The summed E-state index contributed by atoms with van der Waals surface area (Å²) in [6.45, 7) is 1.46. The molecule has 4 N–H and O–H groups in total. The van der Waals surface area contributed by atoms with Crippen molar-refractivity contribution in [2.24, 2.45) is 0 Å². The molecule has 0 saturated carbocycles. The number of carbonyl (C=O) groups excluding carboxylic acids is 1. The molecule has 11 heteroatoms. The monoisotopic (exact) mass is 449 g/mol. The number of rotatable bonds is 8. The molecule has 0 aliphatic rings. The molecule has 0 radical (unpaired) electrons. The lowest BCUT2D eigenvalue weighted by Gasteiger charge is -2.15. The number of ether oxygens (including phenoxy) is 3. The summed E-state index contributed by atoms with van der Waals surface area (Å²) in [6.07, 6.45) is 1.55. The zero-order chi connectivity index (χ0) is 23.4. The summed E-state index contributed by atoms with van der Waals surface area (Å²) >= 11 is 0. The minimum Gasteiger partial charge on any atom is -0.493 e. The number of carbonyl (C=O) groups is 1. The van der Waals surface area contributed by atoms with E-state index in [0.717, 1.165) is 5.69 Å². The van der Waals surface area contributed by atoms with E-state index in [0.29, 0.717) is 51.6 Å². The molecular weight excluding hydrogens is 426 g/mol. The maximum atomic E-state index is 11.2. The van der Waals surface area contributed by atoms with Crippen molar-refractivity contribution >= 4 is 45.9 Å². The van der Waals surface area contributed by atoms with E-state index in [-0.39, 0.29) is 5.91 Å². The molecule has 0 atom stereocenters. The van der Waals surface area contributed by atoms with Gasteiger partial charge in [0, 0.05) is 36.1 Å². The molecular formula is C22H23N7O4. The van der Waals surface area contributed by atoms with Gasteiger partial charge >= 0.3 is 0 Å². The number of amides is 1. The maximum Gasteiger partial charge on any atom is 0.231 e. The molecule has 11 nitrogen and oxygen atoms in total. The highest BCUT2D eigenvalue weighted by Gasteiger charge is 2.15. The Morgan fingerprint density at radius 2 is 1.55 bits per heavy atom. The van der Waals surface area contributed by atoms with Crippen LogP contribution < -0.4 is 30.2 Å². The molecule has 33 heavy (non-hydrogen) atoms. The molecule has 0 bridgehead atoms. The Labute approximate surface area is 189 Å². The molecule has 1 amide bonds. The van der Waals surface area contributed by atoms with E-state index >= 15 is 0 Å². The second-order valence-electron chi connectivity index (χ2n) is 6.92. The van der Waals surface area contributed by atoms with Gasteiger partial charge in [0.1, 0.15) is 5.52 Å². The first-order chi connectivity index (χ1) is 16.0. The van der Waals surface area contributed by atoms with Crippen LogP contribution in [-0.4, -0.2) is 47.2 Å². The number of methoxy groups -OCH3 is 3. The lowest BCUT2D eigenvalue weighted by atomic mass is 10.2. The van der Waals surface area contributed by atoms with Gasteiger partial charge in [0.05, 0.1) is 27.7 Å². The van der Waals surface area contributed by atoms with Crippen molar-refractivity contribution in [3.05, 3.63) is 42.7 Å². The number of imidazole rings is 1. The number of benzene rings is 2. The predicted molar refractivity (Wildman–Crippen MR) is 125 cm³/mol. The van der Waals surface area contributed by atoms with Crippen molar-refractivity contribution in [2.45, 2.75) is 6.92 Å². The number of hydrogen-bond donors (Lipinski definition) is 4. The van der Waals surface area contributed by atoms with Crippen LogP contribution in [0.2, 0.25) is 0 Å². The lowest BCUT2D eigenvalue weighted by Crippen LogP contribution is -2.06.